The van der Waals surface area contributed by atoms with E-state index in [1.54, 1.807) is 45.0 Å². The standard InChI is InChI=1S/C22H28Cl2N3O9P.C19H19F5NO5P.C9H10Cl2N2O5/c1-4-13(2)34-19(30)14(3)26-37(32,36-15-8-6-5-7-9-15)33-12-16-18(29)22(23,24)20(35-16)27-11-10-17(28)25-21(27)31;1-4-10(2)28-19(26)11(3)25-31(27,29-12-8-6-5-7-9-12)30-18-16(23)14(21)13(20)15(22)17(18)24;10-9(11)6(16)4(3-14)18-7(9)13-2-1-5(15)12-8(13)17/h5-11,13-14,16,18,20,29H,4,12H2,1-3H3,(H,26,32)(H,25,28,31);5-11H,4H2,1-3H3,(H,25,27);1-2,4,6-7,14,16H,3H2,(H,12,15,17)/t13-,14+,16-,18-,20-,37?;10-,11+,31?;4-,6-,7-/m111/s1. The molecule has 7 rings (SSSR count). The molecule has 2 aliphatic heterocycles. The van der Waals surface area contributed by atoms with Gasteiger partial charge in [-0.2, -0.15) is 19.0 Å². The van der Waals surface area contributed by atoms with Crippen molar-refractivity contribution < 1.29 is 93.0 Å². The third-order valence-electron chi connectivity index (χ3n) is 12.1. The number of H-pyrrole nitrogens is 2. The Bertz CT molecular complexity index is 3460. The van der Waals surface area contributed by atoms with Gasteiger partial charge in [-0.3, -0.25) is 42.8 Å². The Morgan fingerprint density at radius 2 is 0.988 bits per heavy atom. The minimum absolute atomic E-state index is 0.135. The molecule has 12 atom stereocenters. The molecule has 5 aromatic rings. The van der Waals surface area contributed by atoms with E-state index in [0.717, 1.165) is 33.7 Å². The fourth-order valence-corrected chi connectivity index (χ4v) is 11.4. The molecule has 2 aromatic heterocycles. The van der Waals surface area contributed by atoms with Crippen LogP contribution in [0.4, 0.5) is 22.0 Å². The monoisotopic (exact) mass is 1340 g/mol. The van der Waals surface area contributed by atoms with Gasteiger partial charge in [-0.1, -0.05) is 96.6 Å². The van der Waals surface area contributed by atoms with Crippen LogP contribution in [0.3, 0.4) is 0 Å². The molecule has 2 unspecified atom stereocenters. The highest BCUT2D eigenvalue weighted by Crippen LogP contribution is 2.51. The molecular weight excluding hydrogens is 1290 g/mol. The number of carbonyl (C=O) groups is 2. The second kappa shape index (κ2) is 30.5. The van der Waals surface area contributed by atoms with Gasteiger partial charge in [0.1, 0.15) is 48.0 Å². The zero-order valence-corrected chi connectivity index (χ0v) is 50.6. The summed E-state index contributed by atoms with van der Waals surface area (Å²) in [6.45, 7) is 8.44. The number of alkyl halides is 4. The zero-order chi connectivity index (χ0) is 64.2. The van der Waals surface area contributed by atoms with Crippen molar-refractivity contribution in [3.05, 3.63) is 156 Å². The maximum absolute atomic E-state index is 14.0. The number of aliphatic hydroxyl groups excluding tert-OH is 3. The van der Waals surface area contributed by atoms with Gasteiger partial charge in [0, 0.05) is 24.5 Å². The van der Waals surface area contributed by atoms with E-state index >= 15 is 0 Å². The molecule has 4 heterocycles. The maximum atomic E-state index is 14.0. The Balaban J connectivity index is 0.000000249. The van der Waals surface area contributed by atoms with Crippen LogP contribution in [0, 0.1) is 29.1 Å². The maximum Gasteiger partial charge on any atom is 0.513 e. The largest absolute Gasteiger partial charge is 0.513 e. The molecule has 474 valence electrons. The van der Waals surface area contributed by atoms with Gasteiger partial charge >= 0.3 is 38.8 Å². The lowest BCUT2D eigenvalue weighted by atomic mass is 10.2. The van der Waals surface area contributed by atoms with E-state index in [-0.39, 0.29) is 17.6 Å². The summed E-state index contributed by atoms with van der Waals surface area (Å²) in [6, 6.07) is 14.8. The number of benzene rings is 3. The van der Waals surface area contributed by atoms with Crippen LogP contribution < -0.4 is 46.2 Å². The molecule has 0 aliphatic carbocycles. The van der Waals surface area contributed by atoms with Gasteiger partial charge in [-0.25, -0.2) is 31.9 Å². The van der Waals surface area contributed by atoms with E-state index in [1.165, 1.54) is 50.2 Å². The quantitative estimate of drug-likeness (QED) is 0.00944. The fourth-order valence-electron chi connectivity index (χ4n) is 7.15. The minimum atomic E-state index is -4.92. The highest BCUT2D eigenvalue weighted by atomic mass is 35.5. The Labute approximate surface area is 504 Å². The second-order valence-electron chi connectivity index (χ2n) is 18.6. The molecule has 0 radical (unpaired) electrons. The Hall–Kier alpha value is -5.69. The summed E-state index contributed by atoms with van der Waals surface area (Å²) in [6.07, 6.45) is -5.45. The topological polar surface area (TPSA) is 337 Å². The molecule has 2 fully saturated rings. The van der Waals surface area contributed by atoms with E-state index in [9.17, 15) is 70.1 Å². The highest BCUT2D eigenvalue weighted by Gasteiger charge is 2.57. The first-order chi connectivity index (χ1) is 40.2. The van der Waals surface area contributed by atoms with Crippen LogP contribution in [0.1, 0.15) is 66.8 Å². The van der Waals surface area contributed by atoms with Crippen LogP contribution in [0.2, 0.25) is 0 Å². The molecule has 7 N–H and O–H groups in total. The zero-order valence-electron chi connectivity index (χ0n) is 45.7. The van der Waals surface area contributed by atoms with Crippen molar-refractivity contribution in [3.8, 4) is 17.2 Å². The minimum Gasteiger partial charge on any atom is -0.462 e. The second-order valence-corrected chi connectivity index (χ2v) is 24.8. The predicted octanol–water partition coefficient (Wildman–Crippen LogP) is 6.72. The van der Waals surface area contributed by atoms with Gasteiger partial charge < -0.3 is 47.8 Å². The smallest absolute Gasteiger partial charge is 0.462 e. The number of para-hydroxylation sites is 2. The van der Waals surface area contributed by atoms with Crippen LogP contribution in [0.25, 0.3) is 0 Å². The number of esters is 2. The summed E-state index contributed by atoms with van der Waals surface area (Å²) in [5.41, 5.74) is -2.88. The molecule has 86 heavy (non-hydrogen) atoms. The normalized spacial score (nSPS) is 22.2. The molecular formula is C50H57Cl4F5N6O19P2. The van der Waals surface area contributed by atoms with Gasteiger partial charge in [0.15, 0.2) is 21.1 Å². The SMILES string of the molecule is CC[C@@H](C)OC(=O)[C@H](C)NP(=O)(OC[C@H]1O[C@@H](n2ccc(=O)[nH]c2=O)C(Cl)(Cl)[C@@H]1O)Oc1ccccc1.CC[C@@H](C)OC(=O)[C@H](C)NP(=O)(Oc1ccccc1)Oc1c(F)c(F)c(F)c(F)c1F.O=c1ccn([C@@H]2O[C@H](CO)[C@@H](O)C2(Cl)Cl)c(=O)[nH]1. The van der Waals surface area contributed by atoms with E-state index < -0.39 is 162 Å². The molecule has 3 aromatic carbocycles. The van der Waals surface area contributed by atoms with Crippen molar-refractivity contribution in [2.24, 2.45) is 0 Å². The number of hydrogen-bond donors (Lipinski definition) is 7. The number of aromatic amines is 2. The van der Waals surface area contributed by atoms with Crippen LogP contribution in [0.15, 0.2) is 104 Å². The van der Waals surface area contributed by atoms with Crippen LogP contribution >= 0.6 is 61.9 Å². The van der Waals surface area contributed by atoms with E-state index in [0.29, 0.717) is 12.8 Å². The molecule has 36 heteroatoms. The Morgan fingerprint density at radius 1 is 0.616 bits per heavy atom. The van der Waals surface area contributed by atoms with E-state index in [2.05, 4.69) is 14.7 Å². The summed E-state index contributed by atoms with van der Waals surface area (Å²) in [4.78, 5) is 74.7. The number of nitrogens with zero attached hydrogens (tertiary/aromatic N) is 2. The van der Waals surface area contributed by atoms with Crippen molar-refractivity contribution in [1.29, 1.82) is 0 Å². The number of nitrogens with one attached hydrogen (secondary N) is 4. The van der Waals surface area contributed by atoms with Crippen molar-refractivity contribution in [1.82, 2.24) is 29.3 Å². The molecule has 0 spiro atoms. The average Bonchev–Trinajstić information content (AvgIpc) is 1.69. The molecule has 25 nitrogen and oxygen atoms in total. The number of hydrogen-bond acceptors (Lipinski definition) is 19. The van der Waals surface area contributed by atoms with Gasteiger partial charge in [0.25, 0.3) is 11.1 Å². The van der Waals surface area contributed by atoms with Gasteiger partial charge in [-0.15, -0.1) is 0 Å². The lowest BCUT2D eigenvalue weighted by Gasteiger charge is -2.25. The summed E-state index contributed by atoms with van der Waals surface area (Å²) in [5, 5.41) is 34.1. The van der Waals surface area contributed by atoms with Crippen molar-refractivity contribution in [2.75, 3.05) is 13.2 Å². The molecule has 0 saturated carbocycles. The lowest BCUT2D eigenvalue weighted by Crippen LogP contribution is -2.41. The third-order valence-corrected chi connectivity index (χ3v) is 16.9. The van der Waals surface area contributed by atoms with Gasteiger partial charge in [-0.05, 0) is 64.8 Å². The molecule has 0 amide bonds. The summed E-state index contributed by atoms with van der Waals surface area (Å²) in [7, 11) is -9.20. The van der Waals surface area contributed by atoms with Crippen LogP contribution in [-0.2, 0) is 42.2 Å². The lowest BCUT2D eigenvalue weighted by molar-refractivity contribution is -0.150. The summed E-state index contributed by atoms with van der Waals surface area (Å²) >= 11 is 24.5. The number of ether oxygens (including phenoxy) is 4. The van der Waals surface area contributed by atoms with E-state index in [1.807, 2.05) is 16.9 Å². The number of rotatable bonds is 22. The van der Waals surface area contributed by atoms with Gasteiger partial charge in [0.2, 0.25) is 34.8 Å². The molecule has 2 aliphatic rings. The number of aliphatic hydroxyl groups is 3. The predicted molar refractivity (Wildman–Crippen MR) is 297 cm³/mol. The van der Waals surface area contributed by atoms with Crippen LogP contribution in [-0.4, -0.2) is 117 Å². The Kier molecular flexibility index (Phi) is 25.2. The van der Waals surface area contributed by atoms with Gasteiger partial charge in [0.05, 0.1) is 25.4 Å². The van der Waals surface area contributed by atoms with Crippen molar-refractivity contribution in [2.45, 2.75) is 124 Å². The summed E-state index contributed by atoms with van der Waals surface area (Å²) in [5.74, 6) is -15.1. The molecule has 2 saturated heterocycles. The molecule has 0 bridgehead atoms. The van der Waals surface area contributed by atoms with Crippen LogP contribution in [0.5, 0.6) is 17.2 Å². The number of aromatic nitrogens is 4. The first-order valence-electron chi connectivity index (χ1n) is 25.4. The van der Waals surface area contributed by atoms with Crippen molar-refractivity contribution in [3.63, 3.8) is 0 Å². The first kappa shape index (κ1) is 71.1. The number of halogens is 9. The van der Waals surface area contributed by atoms with Crippen molar-refractivity contribution >= 4 is 73.8 Å². The number of carbonyl (C=O) groups excluding carboxylic acids is 2. The first-order valence-corrected chi connectivity index (χ1v) is 30.0. The summed E-state index contributed by atoms with van der Waals surface area (Å²) < 4.78 is 135. The fraction of sp³-hybridized carbons (Fsp3) is 0.440. The average molecular weight is 1340 g/mol. The highest BCUT2D eigenvalue weighted by molar-refractivity contribution is 7.52. The van der Waals surface area contributed by atoms with E-state index in [4.69, 9.17) is 84.0 Å². The third kappa shape index (κ3) is 18.0. The Morgan fingerprint density at radius 3 is 1.37 bits per heavy atom.